The minimum Gasteiger partial charge on any atom is -0.497 e. The summed E-state index contributed by atoms with van der Waals surface area (Å²) in [5, 5.41) is 1.17. The lowest BCUT2D eigenvalue weighted by molar-refractivity contribution is 0.0795. The molecular weight excluding hydrogens is 420 g/mol. The highest BCUT2D eigenvalue weighted by molar-refractivity contribution is 7.18. The molecule has 2 fully saturated rings. The Hall–Kier alpha value is -2.83. The van der Waals surface area contributed by atoms with Gasteiger partial charge in [0.25, 0.3) is 5.91 Å². The first-order chi connectivity index (χ1) is 15.7. The first-order valence-corrected chi connectivity index (χ1v) is 12.0. The van der Waals surface area contributed by atoms with Crippen molar-refractivity contribution in [1.29, 1.82) is 0 Å². The molecule has 2 aliphatic heterocycles. The number of morpholine rings is 1. The Labute approximate surface area is 193 Å². The molecular formula is C26H28N2O3S. The topological polar surface area (TPSA) is 42.0 Å². The van der Waals surface area contributed by atoms with Crippen LogP contribution in [0.4, 0.5) is 5.00 Å². The molecule has 1 amide bonds. The fourth-order valence-electron chi connectivity index (χ4n) is 4.56. The second-order valence-electron chi connectivity index (χ2n) is 8.30. The molecule has 2 aromatic carbocycles. The fraction of sp³-hybridized carbons (Fsp3) is 0.346. The monoisotopic (exact) mass is 448 g/mol. The van der Waals surface area contributed by atoms with Crippen molar-refractivity contribution in [3.8, 4) is 16.9 Å². The molecule has 0 radical (unpaired) electrons. The number of likely N-dealkylation sites (tertiary alicyclic amines) is 1. The number of hydrogen-bond donors (Lipinski definition) is 0. The van der Waals surface area contributed by atoms with Crippen LogP contribution in [0.2, 0.25) is 0 Å². The van der Waals surface area contributed by atoms with Crippen LogP contribution >= 0.6 is 11.3 Å². The van der Waals surface area contributed by atoms with Crippen molar-refractivity contribution in [2.75, 3.05) is 51.4 Å². The molecule has 1 aromatic heterocycles. The van der Waals surface area contributed by atoms with Crippen molar-refractivity contribution in [3.63, 3.8) is 0 Å². The third-order valence-electron chi connectivity index (χ3n) is 6.37. The maximum Gasteiger partial charge on any atom is 0.264 e. The molecule has 3 heterocycles. The average molecular weight is 449 g/mol. The minimum atomic E-state index is 0.141. The molecule has 0 N–H and O–H groups in total. The van der Waals surface area contributed by atoms with Gasteiger partial charge in [-0.15, -0.1) is 11.3 Å². The SMILES string of the molecule is COc1ccc(C2CCN(C(=O)c3cc(-c4ccccc4)c(N4CCOCC4)s3)C2)cc1. The number of hydrogen-bond acceptors (Lipinski definition) is 5. The fourth-order valence-corrected chi connectivity index (χ4v) is 5.76. The molecule has 3 aromatic rings. The van der Waals surface area contributed by atoms with Gasteiger partial charge in [-0.3, -0.25) is 4.79 Å². The van der Waals surface area contributed by atoms with E-state index in [4.69, 9.17) is 9.47 Å². The van der Waals surface area contributed by atoms with Crippen molar-refractivity contribution in [3.05, 3.63) is 71.1 Å². The highest BCUT2D eigenvalue weighted by Gasteiger charge is 2.30. The Kier molecular flexibility index (Phi) is 6.14. The number of carbonyl (C=O) groups is 1. The minimum absolute atomic E-state index is 0.141. The molecule has 2 saturated heterocycles. The zero-order valence-corrected chi connectivity index (χ0v) is 19.1. The van der Waals surface area contributed by atoms with E-state index in [1.165, 1.54) is 10.6 Å². The van der Waals surface area contributed by atoms with E-state index in [2.05, 4.69) is 47.4 Å². The zero-order valence-electron chi connectivity index (χ0n) is 18.3. The number of carbonyl (C=O) groups excluding carboxylic acids is 1. The molecule has 166 valence electrons. The lowest BCUT2D eigenvalue weighted by Gasteiger charge is -2.28. The first-order valence-electron chi connectivity index (χ1n) is 11.2. The van der Waals surface area contributed by atoms with E-state index >= 15 is 0 Å². The number of nitrogens with zero attached hydrogens (tertiary/aromatic N) is 2. The van der Waals surface area contributed by atoms with Crippen LogP contribution in [0.3, 0.4) is 0 Å². The summed E-state index contributed by atoms with van der Waals surface area (Å²) in [6, 6.07) is 20.7. The number of rotatable bonds is 5. The molecule has 0 bridgehead atoms. The van der Waals surface area contributed by atoms with E-state index in [0.717, 1.165) is 67.6 Å². The lowest BCUT2D eigenvalue weighted by Crippen LogP contribution is -2.35. The summed E-state index contributed by atoms with van der Waals surface area (Å²) < 4.78 is 10.8. The van der Waals surface area contributed by atoms with Crippen LogP contribution in [-0.2, 0) is 4.74 Å². The summed E-state index contributed by atoms with van der Waals surface area (Å²) in [6.07, 6.45) is 0.991. The van der Waals surface area contributed by atoms with Crippen molar-refractivity contribution in [2.45, 2.75) is 12.3 Å². The lowest BCUT2D eigenvalue weighted by atomic mass is 9.98. The van der Waals surface area contributed by atoms with Crippen LogP contribution in [0.5, 0.6) is 5.75 Å². The predicted octanol–water partition coefficient (Wildman–Crippen LogP) is 4.89. The van der Waals surface area contributed by atoms with Gasteiger partial charge in [-0.25, -0.2) is 0 Å². The maximum atomic E-state index is 13.5. The Morgan fingerprint density at radius 1 is 1.03 bits per heavy atom. The molecule has 1 atom stereocenters. The van der Waals surface area contributed by atoms with Gasteiger partial charge in [0.2, 0.25) is 0 Å². The number of thiophene rings is 1. The number of ether oxygens (including phenoxy) is 2. The van der Waals surface area contributed by atoms with Crippen molar-refractivity contribution < 1.29 is 14.3 Å². The Balaban J connectivity index is 1.38. The normalized spacial score (nSPS) is 18.7. The van der Waals surface area contributed by atoms with Gasteiger partial charge in [0.1, 0.15) is 5.75 Å². The van der Waals surface area contributed by atoms with Crippen LogP contribution in [0.15, 0.2) is 60.7 Å². The van der Waals surface area contributed by atoms with Gasteiger partial charge in [-0.2, -0.15) is 0 Å². The second kappa shape index (κ2) is 9.35. The largest absolute Gasteiger partial charge is 0.497 e. The summed E-state index contributed by atoms with van der Waals surface area (Å²) in [5.74, 6) is 1.38. The number of anilines is 1. The average Bonchev–Trinajstić information content (AvgIpc) is 3.53. The molecule has 0 aliphatic carbocycles. The molecule has 32 heavy (non-hydrogen) atoms. The summed E-state index contributed by atoms with van der Waals surface area (Å²) in [7, 11) is 1.68. The first kappa shape index (κ1) is 21.0. The third-order valence-corrected chi connectivity index (χ3v) is 7.55. The summed E-state index contributed by atoms with van der Waals surface area (Å²) >= 11 is 1.62. The van der Waals surface area contributed by atoms with Crippen LogP contribution < -0.4 is 9.64 Å². The molecule has 5 rings (SSSR count). The quantitative estimate of drug-likeness (QED) is 0.557. The third kappa shape index (κ3) is 4.25. The van der Waals surface area contributed by atoms with Gasteiger partial charge in [-0.1, -0.05) is 42.5 Å². The number of benzene rings is 2. The second-order valence-corrected chi connectivity index (χ2v) is 9.34. The molecule has 1 unspecified atom stereocenters. The van der Waals surface area contributed by atoms with Gasteiger partial charge < -0.3 is 19.3 Å². The Morgan fingerprint density at radius 2 is 1.78 bits per heavy atom. The maximum absolute atomic E-state index is 13.5. The predicted molar refractivity (Wildman–Crippen MR) is 129 cm³/mol. The highest BCUT2D eigenvalue weighted by atomic mass is 32.1. The van der Waals surface area contributed by atoms with Crippen molar-refractivity contribution in [2.24, 2.45) is 0 Å². The summed E-state index contributed by atoms with van der Waals surface area (Å²) in [5.41, 5.74) is 3.57. The van der Waals surface area contributed by atoms with E-state index in [1.54, 1.807) is 18.4 Å². The van der Waals surface area contributed by atoms with Crippen LogP contribution in [0.1, 0.15) is 27.6 Å². The standard InChI is InChI=1S/C26H28N2O3S/c1-30-22-9-7-19(8-10-22)21-11-12-28(18-21)25(29)24-17-23(20-5-3-2-4-6-20)26(32-24)27-13-15-31-16-14-27/h2-10,17,21H,11-16,18H2,1H3. The zero-order chi connectivity index (χ0) is 21.9. The van der Waals surface area contributed by atoms with Gasteiger partial charge in [-0.05, 0) is 35.7 Å². The van der Waals surface area contributed by atoms with E-state index in [-0.39, 0.29) is 5.91 Å². The molecule has 6 heteroatoms. The number of amides is 1. The van der Waals surface area contributed by atoms with Crippen molar-refractivity contribution >= 4 is 22.2 Å². The smallest absolute Gasteiger partial charge is 0.264 e. The number of methoxy groups -OCH3 is 1. The molecule has 5 nitrogen and oxygen atoms in total. The van der Waals surface area contributed by atoms with E-state index in [9.17, 15) is 4.79 Å². The summed E-state index contributed by atoms with van der Waals surface area (Å²) in [6.45, 7) is 4.72. The van der Waals surface area contributed by atoms with Crippen molar-refractivity contribution in [1.82, 2.24) is 4.90 Å². The van der Waals surface area contributed by atoms with Gasteiger partial charge >= 0.3 is 0 Å². The molecule has 2 aliphatic rings. The van der Waals surface area contributed by atoms with Crippen LogP contribution in [-0.4, -0.2) is 57.3 Å². The van der Waals surface area contributed by atoms with Gasteiger partial charge in [0.05, 0.1) is 30.2 Å². The van der Waals surface area contributed by atoms with Crippen LogP contribution in [0, 0.1) is 0 Å². The molecule has 0 saturated carbocycles. The Morgan fingerprint density at radius 3 is 2.50 bits per heavy atom. The van der Waals surface area contributed by atoms with E-state index in [1.807, 2.05) is 23.1 Å². The van der Waals surface area contributed by atoms with E-state index in [0.29, 0.717) is 5.92 Å². The van der Waals surface area contributed by atoms with Crippen LogP contribution in [0.25, 0.3) is 11.1 Å². The van der Waals surface area contributed by atoms with Gasteiger partial charge in [0, 0.05) is 37.7 Å². The highest BCUT2D eigenvalue weighted by Crippen LogP contribution is 2.40. The van der Waals surface area contributed by atoms with Gasteiger partial charge in [0.15, 0.2) is 0 Å². The Bertz CT molecular complexity index is 1060. The van der Waals surface area contributed by atoms with E-state index < -0.39 is 0 Å². The molecule has 0 spiro atoms. The summed E-state index contributed by atoms with van der Waals surface area (Å²) in [4.78, 5) is 18.7.